The molecule has 14 heavy (non-hydrogen) atoms. The third-order valence-corrected chi connectivity index (χ3v) is 4.22. The van der Waals surface area contributed by atoms with Gasteiger partial charge in [-0.2, -0.15) is 11.8 Å². The number of fused-ring (bicyclic) bond motifs is 1. The lowest BCUT2D eigenvalue weighted by atomic mass is 9.99. The molecule has 1 heterocycles. The molecule has 1 nitrogen and oxygen atoms in total. The van der Waals surface area contributed by atoms with Crippen molar-refractivity contribution in [3.05, 3.63) is 34.3 Å². The first-order valence-corrected chi connectivity index (χ1v) is 6.25. The molecule has 0 bridgehead atoms. The molecule has 2 atom stereocenters. The van der Waals surface area contributed by atoms with Crippen molar-refractivity contribution in [2.24, 2.45) is 5.73 Å². The minimum absolute atomic E-state index is 0.147. The largest absolute Gasteiger partial charge is 0.324 e. The van der Waals surface area contributed by atoms with Gasteiger partial charge in [0.2, 0.25) is 0 Å². The van der Waals surface area contributed by atoms with Gasteiger partial charge in [0.15, 0.2) is 0 Å². The maximum absolute atomic E-state index is 6.16. The minimum Gasteiger partial charge on any atom is -0.324 e. The Morgan fingerprint density at radius 1 is 1.50 bits per heavy atom. The van der Waals surface area contributed by atoms with Crippen LogP contribution in [0.4, 0.5) is 0 Å². The number of halogens is 1. The van der Waals surface area contributed by atoms with E-state index in [9.17, 15) is 0 Å². The lowest BCUT2D eigenvalue weighted by molar-refractivity contribution is 0.651. The first-order chi connectivity index (χ1) is 6.68. The lowest BCUT2D eigenvalue weighted by Gasteiger charge is -2.13. The standard InChI is InChI=1S/C11H14ClNS/c1-7-5-11(13)8-3-2-4-10(12)9(8)6-14-7/h2-4,7,11H,5-6,13H2,1H3. The van der Waals surface area contributed by atoms with E-state index >= 15 is 0 Å². The van der Waals surface area contributed by atoms with Gasteiger partial charge in [0.25, 0.3) is 0 Å². The van der Waals surface area contributed by atoms with E-state index in [1.54, 1.807) is 0 Å². The molecule has 0 aliphatic carbocycles. The van der Waals surface area contributed by atoms with Crippen LogP contribution in [0.25, 0.3) is 0 Å². The third-order valence-electron chi connectivity index (χ3n) is 2.65. The van der Waals surface area contributed by atoms with E-state index < -0.39 is 0 Å². The predicted octanol–water partition coefficient (Wildman–Crippen LogP) is 3.37. The summed E-state index contributed by atoms with van der Waals surface area (Å²) in [5, 5.41) is 1.48. The van der Waals surface area contributed by atoms with E-state index in [1.807, 2.05) is 23.9 Å². The summed E-state index contributed by atoms with van der Waals surface area (Å²) in [7, 11) is 0. The minimum atomic E-state index is 0.147. The van der Waals surface area contributed by atoms with Crippen LogP contribution >= 0.6 is 23.4 Å². The molecular weight excluding hydrogens is 214 g/mol. The van der Waals surface area contributed by atoms with Crippen molar-refractivity contribution < 1.29 is 0 Å². The number of nitrogens with two attached hydrogens (primary N) is 1. The van der Waals surface area contributed by atoms with Crippen molar-refractivity contribution in [1.82, 2.24) is 0 Å². The second kappa shape index (κ2) is 4.13. The highest BCUT2D eigenvalue weighted by Crippen LogP contribution is 2.36. The van der Waals surface area contributed by atoms with E-state index in [1.165, 1.54) is 11.1 Å². The smallest absolute Gasteiger partial charge is 0.0449 e. The van der Waals surface area contributed by atoms with Gasteiger partial charge in [-0.3, -0.25) is 0 Å². The van der Waals surface area contributed by atoms with Crippen molar-refractivity contribution in [3.8, 4) is 0 Å². The fraction of sp³-hybridized carbons (Fsp3) is 0.455. The summed E-state index contributed by atoms with van der Waals surface area (Å²) >= 11 is 8.09. The van der Waals surface area contributed by atoms with Gasteiger partial charge in [-0.1, -0.05) is 30.7 Å². The van der Waals surface area contributed by atoms with Crippen molar-refractivity contribution >= 4 is 23.4 Å². The van der Waals surface area contributed by atoms with Crippen LogP contribution in [0, 0.1) is 0 Å². The van der Waals surface area contributed by atoms with E-state index in [4.69, 9.17) is 17.3 Å². The molecule has 2 N–H and O–H groups in total. The van der Waals surface area contributed by atoms with Crippen LogP contribution in [-0.2, 0) is 5.75 Å². The predicted molar refractivity (Wildman–Crippen MR) is 63.8 cm³/mol. The van der Waals surface area contributed by atoms with Crippen LogP contribution in [0.5, 0.6) is 0 Å². The molecule has 0 radical (unpaired) electrons. The summed E-state index contributed by atoms with van der Waals surface area (Å²) in [6, 6.07) is 6.18. The zero-order valence-corrected chi connectivity index (χ0v) is 9.74. The van der Waals surface area contributed by atoms with E-state index in [0.29, 0.717) is 5.25 Å². The van der Waals surface area contributed by atoms with Gasteiger partial charge in [-0.15, -0.1) is 0 Å². The molecule has 0 amide bonds. The van der Waals surface area contributed by atoms with Gasteiger partial charge in [0.1, 0.15) is 0 Å². The summed E-state index contributed by atoms with van der Waals surface area (Å²) in [6.45, 7) is 2.23. The molecule has 0 saturated carbocycles. The van der Waals surface area contributed by atoms with Crippen LogP contribution in [0.15, 0.2) is 18.2 Å². The number of benzene rings is 1. The van der Waals surface area contributed by atoms with E-state index in [2.05, 4.69) is 13.0 Å². The zero-order valence-electron chi connectivity index (χ0n) is 8.16. The van der Waals surface area contributed by atoms with Crippen molar-refractivity contribution in [1.29, 1.82) is 0 Å². The number of rotatable bonds is 0. The molecular formula is C11H14ClNS. The molecule has 1 aromatic rings. The Labute approximate surface area is 94.0 Å². The Morgan fingerprint density at radius 3 is 3.07 bits per heavy atom. The highest BCUT2D eigenvalue weighted by atomic mass is 35.5. The topological polar surface area (TPSA) is 26.0 Å². The average Bonchev–Trinajstić information content (AvgIpc) is 2.28. The van der Waals surface area contributed by atoms with Gasteiger partial charge in [-0.25, -0.2) is 0 Å². The quantitative estimate of drug-likeness (QED) is 0.736. The maximum Gasteiger partial charge on any atom is 0.0449 e. The second-order valence-electron chi connectivity index (χ2n) is 3.77. The summed E-state index contributed by atoms with van der Waals surface area (Å²) in [4.78, 5) is 0. The van der Waals surface area contributed by atoms with Gasteiger partial charge in [-0.05, 0) is 23.6 Å². The van der Waals surface area contributed by atoms with Crippen LogP contribution in [0.1, 0.15) is 30.5 Å². The Bertz CT molecular complexity index is 340. The second-order valence-corrected chi connectivity index (χ2v) is 5.61. The Kier molecular flexibility index (Phi) is 3.05. The molecule has 2 rings (SSSR count). The molecule has 1 aliphatic heterocycles. The fourth-order valence-electron chi connectivity index (χ4n) is 1.85. The van der Waals surface area contributed by atoms with Crippen LogP contribution in [-0.4, -0.2) is 5.25 Å². The highest BCUT2D eigenvalue weighted by molar-refractivity contribution is 7.99. The molecule has 0 aromatic heterocycles. The molecule has 0 fully saturated rings. The maximum atomic E-state index is 6.16. The Balaban J connectivity index is 2.43. The first-order valence-electron chi connectivity index (χ1n) is 4.83. The van der Waals surface area contributed by atoms with E-state index in [0.717, 1.165) is 17.2 Å². The molecule has 1 aliphatic rings. The molecule has 0 saturated heterocycles. The normalized spacial score (nSPS) is 26.8. The molecule has 76 valence electrons. The average molecular weight is 228 g/mol. The summed E-state index contributed by atoms with van der Waals surface area (Å²) in [5.41, 5.74) is 8.60. The lowest BCUT2D eigenvalue weighted by Crippen LogP contribution is -2.14. The summed E-state index contributed by atoms with van der Waals surface area (Å²) in [6.07, 6.45) is 1.04. The van der Waals surface area contributed by atoms with E-state index in [-0.39, 0.29) is 6.04 Å². The van der Waals surface area contributed by atoms with Gasteiger partial charge >= 0.3 is 0 Å². The van der Waals surface area contributed by atoms with Crippen molar-refractivity contribution in [3.63, 3.8) is 0 Å². The molecule has 1 aromatic carbocycles. The van der Waals surface area contributed by atoms with Gasteiger partial charge in [0.05, 0.1) is 0 Å². The number of hydrogen-bond donors (Lipinski definition) is 1. The summed E-state index contributed by atoms with van der Waals surface area (Å²) in [5.74, 6) is 0.990. The molecule has 3 heteroatoms. The molecule has 2 unspecified atom stereocenters. The Morgan fingerprint density at radius 2 is 2.29 bits per heavy atom. The monoisotopic (exact) mass is 227 g/mol. The fourth-order valence-corrected chi connectivity index (χ4v) is 3.30. The van der Waals surface area contributed by atoms with Crippen LogP contribution < -0.4 is 5.73 Å². The third kappa shape index (κ3) is 1.92. The van der Waals surface area contributed by atoms with Crippen molar-refractivity contribution in [2.75, 3.05) is 0 Å². The molecule has 0 spiro atoms. The van der Waals surface area contributed by atoms with Crippen molar-refractivity contribution in [2.45, 2.75) is 30.4 Å². The zero-order chi connectivity index (χ0) is 10.1. The van der Waals surface area contributed by atoms with Gasteiger partial charge < -0.3 is 5.73 Å². The Hall–Kier alpha value is -0.180. The SMILES string of the molecule is CC1CC(N)c2cccc(Cl)c2CS1. The summed E-state index contributed by atoms with van der Waals surface area (Å²) < 4.78 is 0. The van der Waals surface area contributed by atoms with Gasteiger partial charge in [0, 0.05) is 22.1 Å². The number of hydrogen-bond acceptors (Lipinski definition) is 2. The van der Waals surface area contributed by atoms with Crippen LogP contribution in [0.2, 0.25) is 5.02 Å². The van der Waals surface area contributed by atoms with Crippen LogP contribution in [0.3, 0.4) is 0 Å². The number of thioether (sulfide) groups is 1. The highest BCUT2D eigenvalue weighted by Gasteiger charge is 2.20. The first kappa shape index (κ1) is 10.3.